The fraction of sp³-hybridized carbons (Fsp3) is 0.471. The highest BCUT2D eigenvalue weighted by atomic mass is 16.5. The lowest BCUT2D eigenvalue weighted by molar-refractivity contribution is 0.0627. The third-order valence-electron chi connectivity index (χ3n) is 4.45. The Morgan fingerprint density at radius 1 is 1.38 bits per heavy atom. The molecule has 3 rings (SSSR count). The zero-order chi connectivity index (χ0) is 14.8. The molecule has 0 saturated carbocycles. The molecule has 1 aliphatic heterocycles. The van der Waals surface area contributed by atoms with Crippen LogP contribution in [0.5, 0.6) is 0 Å². The van der Waals surface area contributed by atoms with Crippen LogP contribution < -0.4 is 0 Å². The second kappa shape index (κ2) is 5.90. The van der Waals surface area contributed by atoms with Gasteiger partial charge >= 0.3 is 5.97 Å². The summed E-state index contributed by atoms with van der Waals surface area (Å²) < 4.78 is 7.65. The molecule has 0 radical (unpaired) electrons. The molecule has 1 aromatic heterocycles. The van der Waals surface area contributed by atoms with E-state index in [1.807, 2.05) is 13.0 Å². The van der Waals surface area contributed by atoms with Crippen molar-refractivity contribution in [2.45, 2.75) is 32.7 Å². The lowest BCUT2D eigenvalue weighted by Crippen LogP contribution is -2.17. The van der Waals surface area contributed by atoms with Gasteiger partial charge in [0.15, 0.2) is 0 Å². The van der Waals surface area contributed by atoms with Crippen LogP contribution in [0.25, 0.3) is 10.9 Å². The summed E-state index contributed by atoms with van der Waals surface area (Å²) in [6.07, 6.45) is 5.60. The highest BCUT2D eigenvalue weighted by molar-refractivity contribution is 5.94. The van der Waals surface area contributed by atoms with E-state index in [1.54, 1.807) is 12.1 Å². The minimum Gasteiger partial charge on any atom is -0.478 e. The Bertz CT molecular complexity index is 653. The molecule has 2 heterocycles. The average Bonchev–Trinajstić information content (AvgIpc) is 2.82. The van der Waals surface area contributed by atoms with Crippen LogP contribution in [0.4, 0.5) is 0 Å². The first-order valence-corrected chi connectivity index (χ1v) is 7.55. The fourth-order valence-electron chi connectivity index (χ4n) is 3.15. The molecule has 112 valence electrons. The Morgan fingerprint density at radius 3 is 2.86 bits per heavy atom. The van der Waals surface area contributed by atoms with Gasteiger partial charge in [0, 0.05) is 36.9 Å². The van der Waals surface area contributed by atoms with E-state index in [4.69, 9.17) is 9.84 Å². The fourth-order valence-corrected chi connectivity index (χ4v) is 3.15. The predicted octanol–water partition coefficient (Wildman–Crippen LogP) is 3.46. The standard InChI is InChI=1S/C17H21NO3/c1-12-11-18(7-4-13-5-8-21-9-6-13)16-3-2-14(17(19)20)10-15(12)16/h2-3,10-11,13H,4-9H2,1H3,(H,19,20). The SMILES string of the molecule is Cc1cn(CCC2CCOCC2)c2ccc(C(=O)O)cc12. The summed E-state index contributed by atoms with van der Waals surface area (Å²) in [6, 6.07) is 5.39. The first-order valence-electron chi connectivity index (χ1n) is 7.55. The molecule has 1 aliphatic rings. The number of carboxylic acid groups (broad SMARTS) is 1. The van der Waals surface area contributed by atoms with Crippen molar-refractivity contribution in [1.29, 1.82) is 0 Å². The van der Waals surface area contributed by atoms with Crippen molar-refractivity contribution < 1.29 is 14.6 Å². The predicted molar refractivity (Wildman–Crippen MR) is 81.8 cm³/mol. The Kier molecular flexibility index (Phi) is 3.97. The number of aromatic carboxylic acids is 1. The first-order chi connectivity index (χ1) is 10.1. The lowest BCUT2D eigenvalue weighted by Gasteiger charge is -2.22. The molecule has 0 spiro atoms. The topological polar surface area (TPSA) is 51.5 Å². The Morgan fingerprint density at radius 2 is 2.14 bits per heavy atom. The summed E-state index contributed by atoms with van der Waals surface area (Å²) >= 11 is 0. The van der Waals surface area contributed by atoms with Gasteiger partial charge in [-0.05, 0) is 55.9 Å². The normalized spacial score (nSPS) is 16.4. The molecule has 0 amide bonds. The van der Waals surface area contributed by atoms with Gasteiger partial charge in [-0.3, -0.25) is 0 Å². The van der Waals surface area contributed by atoms with Crippen LogP contribution in [0.3, 0.4) is 0 Å². The highest BCUT2D eigenvalue weighted by Gasteiger charge is 2.15. The van der Waals surface area contributed by atoms with Crippen molar-refractivity contribution in [3.8, 4) is 0 Å². The van der Waals surface area contributed by atoms with Gasteiger partial charge < -0.3 is 14.4 Å². The molecular weight excluding hydrogens is 266 g/mol. The number of carbonyl (C=O) groups is 1. The van der Waals surface area contributed by atoms with Crippen molar-refractivity contribution in [2.24, 2.45) is 5.92 Å². The van der Waals surface area contributed by atoms with Gasteiger partial charge in [-0.2, -0.15) is 0 Å². The smallest absolute Gasteiger partial charge is 0.335 e. The Balaban J connectivity index is 1.80. The molecule has 4 nitrogen and oxygen atoms in total. The van der Waals surface area contributed by atoms with Crippen LogP contribution in [0.2, 0.25) is 0 Å². The number of carboxylic acids is 1. The number of hydrogen-bond acceptors (Lipinski definition) is 2. The molecule has 0 aliphatic carbocycles. The van der Waals surface area contributed by atoms with E-state index in [-0.39, 0.29) is 0 Å². The summed E-state index contributed by atoms with van der Waals surface area (Å²) in [5, 5.41) is 10.1. The van der Waals surface area contributed by atoms with E-state index in [0.717, 1.165) is 61.4 Å². The summed E-state index contributed by atoms with van der Waals surface area (Å²) in [4.78, 5) is 11.1. The van der Waals surface area contributed by atoms with Gasteiger partial charge in [0.25, 0.3) is 0 Å². The lowest BCUT2D eigenvalue weighted by atomic mass is 9.97. The van der Waals surface area contributed by atoms with Crippen LogP contribution in [0.1, 0.15) is 35.2 Å². The van der Waals surface area contributed by atoms with Crippen molar-refractivity contribution in [2.75, 3.05) is 13.2 Å². The van der Waals surface area contributed by atoms with E-state index in [2.05, 4.69) is 10.8 Å². The van der Waals surface area contributed by atoms with Crippen LogP contribution in [-0.4, -0.2) is 28.9 Å². The average molecular weight is 287 g/mol. The number of fused-ring (bicyclic) bond motifs is 1. The Labute approximate surface area is 124 Å². The van der Waals surface area contributed by atoms with E-state index in [0.29, 0.717) is 5.56 Å². The Hall–Kier alpha value is -1.81. The van der Waals surface area contributed by atoms with Crippen LogP contribution in [-0.2, 0) is 11.3 Å². The number of nitrogens with zero attached hydrogens (tertiary/aromatic N) is 1. The molecule has 4 heteroatoms. The molecule has 0 atom stereocenters. The monoisotopic (exact) mass is 287 g/mol. The van der Waals surface area contributed by atoms with E-state index < -0.39 is 5.97 Å². The third-order valence-corrected chi connectivity index (χ3v) is 4.45. The molecular formula is C17H21NO3. The van der Waals surface area contributed by atoms with E-state index in [1.165, 1.54) is 0 Å². The summed E-state index contributed by atoms with van der Waals surface area (Å²) in [6.45, 7) is 4.80. The van der Waals surface area contributed by atoms with E-state index in [9.17, 15) is 4.79 Å². The highest BCUT2D eigenvalue weighted by Crippen LogP contribution is 2.25. The zero-order valence-electron chi connectivity index (χ0n) is 12.3. The van der Waals surface area contributed by atoms with Gasteiger partial charge in [-0.1, -0.05) is 0 Å². The van der Waals surface area contributed by atoms with Crippen molar-refractivity contribution in [3.63, 3.8) is 0 Å². The third kappa shape index (κ3) is 2.95. The van der Waals surface area contributed by atoms with Crippen molar-refractivity contribution in [1.82, 2.24) is 4.57 Å². The number of aryl methyl sites for hydroxylation is 2. The van der Waals surface area contributed by atoms with Gasteiger partial charge in [-0.25, -0.2) is 4.79 Å². The summed E-state index contributed by atoms with van der Waals surface area (Å²) in [5.41, 5.74) is 2.62. The molecule has 0 bridgehead atoms. The van der Waals surface area contributed by atoms with Gasteiger partial charge in [0.05, 0.1) is 5.56 Å². The molecule has 0 unspecified atom stereocenters. The second-order valence-corrected chi connectivity index (χ2v) is 5.89. The second-order valence-electron chi connectivity index (χ2n) is 5.89. The minimum absolute atomic E-state index is 0.354. The number of benzene rings is 1. The number of aromatic nitrogens is 1. The first kappa shape index (κ1) is 14.1. The number of rotatable bonds is 4. The van der Waals surface area contributed by atoms with Crippen LogP contribution in [0.15, 0.2) is 24.4 Å². The van der Waals surface area contributed by atoms with Crippen molar-refractivity contribution in [3.05, 3.63) is 35.5 Å². The molecule has 21 heavy (non-hydrogen) atoms. The van der Waals surface area contributed by atoms with Crippen LogP contribution >= 0.6 is 0 Å². The molecule has 1 aromatic carbocycles. The maximum Gasteiger partial charge on any atom is 0.335 e. The van der Waals surface area contributed by atoms with Gasteiger partial charge in [0.1, 0.15) is 0 Å². The number of hydrogen-bond donors (Lipinski definition) is 1. The molecule has 2 aromatic rings. The quantitative estimate of drug-likeness (QED) is 0.936. The van der Waals surface area contributed by atoms with Crippen LogP contribution in [0, 0.1) is 12.8 Å². The number of ether oxygens (including phenoxy) is 1. The maximum atomic E-state index is 11.1. The molecule has 1 N–H and O–H groups in total. The van der Waals surface area contributed by atoms with Gasteiger partial charge in [0.2, 0.25) is 0 Å². The maximum absolute atomic E-state index is 11.1. The minimum atomic E-state index is -0.869. The largest absolute Gasteiger partial charge is 0.478 e. The van der Waals surface area contributed by atoms with E-state index >= 15 is 0 Å². The zero-order valence-corrected chi connectivity index (χ0v) is 12.3. The van der Waals surface area contributed by atoms with Gasteiger partial charge in [-0.15, -0.1) is 0 Å². The van der Waals surface area contributed by atoms with Crippen molar-refractivity contribution >= 4 is 16.9 Å². The summed E-state index contributed by atoms with van der Waals surface area (Å²) in [7, 11) is 0. The summed E-state index contributed by atoms with van der Waals surface area (Å²) in [5.74, 6) is -0.124. The molecule has 1 saturated heterocycles. The molecule has 1 fully saturated rings.